The molecule has 3 aromatic rings. The predicted octanol–water partition coefficient (Wildman–Crippen LogP) is 2.05. The van der Waals surface area contributed by atoms with Gasteiger partial charge < -0.3 is 15.2 Å². The highest BCUT2D eigenvalue weighted by Crippen LogP contribution is 2.29. The lowest BCUT2D eigenvalue weighted by atomic mass is 10.1. The quantitative estimate of drug-likeness (QED) is 0.657. The molecule has 1 aliphatic heterocycles. The molecule has 2 heterocycles. The molecule has 2 atom stereocenters. The molecule has 2 aromatic carbocycles. The van der Waals surface area contributed by atoms with Gasteiger partial charge in [0.25, 0.3) is 0 Å². The molecule has 0 unspecified atom stereocenters. The maximum absolute atomic E-state index is 11.3. The summed E-state index contributed by atoms with van der Waals surface area (Å²) < 4.78 is 12.7. The largest absolute Gasteiger partial charge is 0.497 e. The van der Waals surface area contributed by atoms with Gasteiger partial charge in [-0.15, -0.1) is 0 Å². The zero-order valence-corrected chi connectivity index (χ0v) is 16.2. The first-order chi connectivity index (χ1) is 14.0. The zero-order valence-electron chi connectivity index (χ0n) is 16.2. The van der Waals surface area contributed by atoms with E-state index in [1.807, 2.05) is 49.4 Å². The molecule has 3 N–H and O–H groups in total. The minimum absolute atomic E-state index is 0.103. The third-order valence-electron chi connectivity index (χ3n) is 5.07. The fourth-order valence-corrected chi connectivity index (χ4v) is 3.44. The van der Waals surface area contributed by atoms with Crippen molar-refractivity contribution in [1.82, 2.24) is 25.5 Å². The number of primary amides is 1. The van der Waals surface area contributed by atoms with Gasteiger partial charge >= 0.3 is 6.01 Å². The third-order valence-corrected chi connectivity index (χ3v) is 5.07. The van der Waals surface area contributed by atoms with E-state index in [0.29, 0.717) is 11.5 Å². The average Bonchev–Trinajstić information content (AvgIpc) is 3.39. The van der Waals surface area contributed by atoms with Gasteiger partial charge in [0.15, 0.2) is 0 Å². The first-order valence-electron chi connectivity index (χ1n) is 9.31. The number of carbonyl (C=O) groups is 1. The Morgan fingerprint density at radius 1 is 1.17 bits per heavy atom. The predicted molar refractivity (Wildman–Crippen MR) is 105 cm³/mol. The van der Waals surface area contributed by atoms with Crippen molar-refractivity contribution in [3.05, 3.63) is 53.6 Å². The van der Waals surface area contributed by atoms with Crippen LogP contribution in [-0.2, 0) is 4.79 Å². The van der Waals surface area contributed by atoms with Crippen molar-refractivity contribution >= 4 is 5.91 Å². The van der Waals surface area contributed by atoms with Crippen LogP contribution in [0.3, 0.4) is 0 Å². The number of hydrogen-bond acceptors (Lipinski definition) is 7. The van der Waals surface area contributed by atoms with E-state index in [9.17, 15) is 4.79 Å². The second-order valence-corrected chi connectivity index (χ2v) is 6.95. The molecule has 0 spiro atoms. The molecule has 29 heavy (non-hydrogen) atoms. The van der Waals surface area contributed by atoms with Gasteiger partial charge in [0.05, 0.1) is 18.8 Å². The van der Waals surface area contributed by atoms with Crippen molar-refractivity contribution in [1.29, 1.82) is 0 Å². The Morgan fingerprint density at radius 2 is 1.93 bits per heavy atom. The number of nitrogens with two attached hydrogens (primary N) is 1. The van der Waals surface area contributed by atoms with Crippen LogP contribution in [0, 0.1) is 6.92 Å². The fourth-order valence-electron chi connectivity index (χ4n) is 3.44. The number of carbonyl (C=O) groups excluding carboxylic acids is 1. The second-order valence-electron chi connectivity index (χ2n) is 6.95. The van der Waals surface area contributed by atoms with Gasteiger partial charge in [-0.05, 0) is 59.5 Å². The molecular formula is C20H22N6O3. The van der Waals surface area contributed by atoms with Gasteiger partial charge in [0.2, 0.25) is 5.91 Å². The molecular weight excluding hydrogens is 372 g/mol. The van der Waals surface area contributed by atoms with E-state index in [0.717, 1.165) is 29.7 Å². The number of amides is 1. The number of benzene rings is 2. The minimum atomic E-state index is -0.313. The molecule has 1 fully saturated rings. The SMILES string of the molecule is COc1ccc(C)c(-n2nnnc2Oc2ccc([C@H]3CC[C@@H](C(N)=O)N3)cc2)c1. The molecule has 1 amide bonds. The molecule has 0 saturated carbocycles. The van der Waals surface area contributed by atoms with Crippen LogP contribution in [0.5, 0.6) is 17.5 Å². The van der Waals surface area contributed by atoms with E-state index in [2.05, 4.69) is 20.8 Å². The number of aromatic nitrogens is 4. The zero-order chi connectivity index (χ0) is 20.4. The number of hydrogen-bond donors (Lipinski definition) is 2. The Bertz CT molecular complexity index is 1020. The minimum Gasteiger partial charge on any atom is -0.497 e. The normalized spacial score (nSPS) is 18.6. The van der Waals surface area contributed by atoms with Crippen molar-refractivity contribution in [2.24, 2.45) is 5.73 Å². The van der Waals surface area contributed by atoms with Gasteiger partial charge in [-0.1, -0.05) is 23.3 Å². The summed E-state index contributed by atoms with van der Waals surface area (Å²) >= 11 is 0. The summed E-state index contributed by atoms with van der Waals surface area (Å²) in [6, 6.07) is 13.4. The van der Waals surface area contributed by atoms with E-state index < -0.39 is 0 Å². The highest BCUT2D eigenvalue weighted by molar-refractivity contribution is 5.80. The Labute approximate surface area is 167 Å². The molecule has 1 aromatic heterocycles. The Kier molecular flexibility index (Phi) is 5.13. The van der Waals surface area contributed by atoms with Gasteiger partial charge in [-0.3, -0.25) is 10.1 Å². The van der Waals surface area contributed by atoms with E-state index >= 15 is 0 Å². The third kappa shape index (κ3) is 3.90. The maximum Gasteiger partial charge on any atom is 0.345 e. The molecule has 0 aliphatic carbocycles. The number of methoxy groups -OCH3 is 1. The fraction of sp³-hybridized carbons (Fsp3) is 0.300. The van der Waals surface area contributed by atoms with Crippen LogP contribution in [0.2, 0.25) is 0 Å². The lowest BCUT2D eigenvalue weighted by Gasteiger charge is -2.13. The summed E-state index contributed by atoms with van der Waals surface area (Å²) in [4.78, 5) is 11.3. The van der Waals surface area contributed by atoms with Crippen LogP contribution >= 0.6 is 0 Å². The Hall–Kier alpha value is -3.46. The standard InChI is InChI=1S/C20H22N6O3/c1-12-3-6-15(28-2)11-18(12)26-20(23-24-25-26)29-14-7-4-13(5-8-14)16-9-10-17(22-16)19(21)27/h3-8,11,16-17,22H,9-10H2,1-2H3,(H2,21,27)/t16-,17+/m1/s1. The molecule has 0 bridgehead atoms. The van der Waals surface area contributed by atoms with E-state index in [4.69, 9.17) is 15.2 Å². The van der Waals surface area contributed by atoms with Crippen LogP contribution in [0.25, 0.3) is 5.69 Å². The molecule has 150 valence electrons. The van der Waals surface area contributed by atoms with Crippen molar-refractivity contribution in [3.63, 3.8) is 0 Å². The smallest absolute Gasteiger partial charge is 0.345 e. The number of ether oxygens (including phenoxy) is 2. The monoisotopic (exact) mass is 394 g/mol. The summed E-state index contributed by atoms with van der Waals surface area (Å²) in [5.41, 5.74) is 8.20. The summed E-state index contributed by atoms with van der Waals surface area (Å²) in [6.45, 7) is 1.96. The number of nitrogens with one attached hydrogen (secondary N) is 1. The number of tetrazole rings is 1. The first-order valence-corrected chi connectivity index (χ1v) is 9.31. The summed E-state index contributed by atoms with van der Waals surface area (Å²) in [6.07, 6.45) is 1.61. The lowest BCUT2D eigenvalue weighted by molar-refractivity contribution is -0.119. The molecule has 1 aliphatic rings. The molecule has 4 rings (SSSR count). The van der Waals surface area contributed by atoms with Gasteiger partial charge in [0.1, 0.15) is 11.5 Å². The van der Waals surface area contributed by atoms with Crippen molar-refractivity contribution in [2.45, 2.75) is 31.8 Å². The van der Waals surface area contributed by atoms with E-state index in [1.165, 1.54) is 4.68 Å². The Morgan fingerprint density at radius 3 is 2.62 bits per heavy atom. The number of rotatable bonds is 6. The Balaban J connectivity index is 1.52. The van der Waals surface area contributed by atoms with Crippen LogP contribution in [-0.4, -0.2) is 39.3 Å². The first kappa shape index (κ1) is 18.9. The van der Waals surface area contributed by atoms with Crippen molar-refractivity contribution < 1.29 is 14.3 Å². The lowest BCUT2D eigenvalue weighted by Crippen LogP contribution is -2.37. The van der Waals surface area contributed by atoms with E-state index in [1.54, 1.807) is 7.11 Å². The summed E-state index contributed by atoms with van der Waals surface area (Å²) in [5, 5.41) is 15.0. The molecule has 1 saturated heterocycles. The summed E-state index contributed by atoms with van der Waals surface area (Å²) in [5.74, 6) is 0.997. The van der Waals surface area contributed by atoms with Gasteiger partial charge in [-0.25, -0.2) is 0 Å². The van der Waals surface area contributed by atoms with Crippen LogP contribution < -0.4 is 20.5 Å². The van der Waals surface area contributed by atoms with Gasteiger partial charge in [-0.2, -0.15) is 4.68 Å². The van der Waals surface area contributed by atoms with E-state index in [-0.39, 0.29) is 24.0 Å². The molecule has 0 radical (unpaired) electrons. The second kappa shape index (κ2) is 7.88. The number of nitrogens with zero attached hydrogens (tertiary/aromatic N) is 4. The molecule has 9 heteroatoms. The topological polar surface area (TPSA) is 117 Å². The summed E-state index contributed by atoms with van der Waals surface area (Å²) in [7, 11) is 1.61. The van der Waals surface area contributed by atoms with Crippen molar-refractivity contribution in [3.8, 4) is 23.2 Å². The van der Waals surface area contributed by atoms with Crippen LogP contribution in [0.1, 0.15) is 30.0 Å². The van der Waals surface area contributed by atoms with Crippen LogP contribution in [0.4, 0.5) is 0 Å². The highest BCUT2D eigenvalue weighted by Gasteiger charge is 2.28. The molecule has 9 nitrogen and oxygen atoms in total. The maximum atomic E-state index is 11.3. The van der Waals surface area contributed by atoms with Gasteiger partial charge in [0, 0.05) is 12.1 Å². The van der Waals surface area contributed by atoms with Crippen molar-refractivity contribution in [2.75, 3.05) is 7.11 Å². The van der Waals surface area contributed by atoms with Crippen LogP contribution in [0.15, 0.2) is 42.5 Å². The highest BCUT2D eigenvalue weighted by atomic mass is 16.5. The average molecular weight is 394 g/mol. The number of aryl methyl sites for hydroxylation is 1.